The van der Waals surface area contributed by atoms with Crippen molar-refractivity contribution in [2.45, 2.75) is 65.8 Å². The fraction of sp³-hybridized carbons (Fsp3) is 0.632. The van der Waals surface area contributed by atoms with E-state index in [0.717, 1.165) is 17.3 Å². The molecule has 0 spiro atoms. The standard InChI is InChI=1S/C19H28N4O/c1-12-6-8-15(9-7-12)19(4,5)22-18(24)16-17-21-13(2)10-14(3)23(17)11-20-16/h10-12,15H,6-9H2,1-5H3,(H,22,24). The van der Waals surface area contributed by atoms with Crippen molar-refractivity contribution in [3.63, 3.8) is 0 Å². The third-order valence-corrected chi connectivity index (χ3v) is 5.51. The molecule has 0 atom stereocenters. The van der Waals surface area contributed by atoms with Crippen LogP contribution in [-0.4, -0.2) is 25.8 Å². The minimum Gasteiger partial charge on any atom is -0.345 e. The molecule has 3 rings (SSSR count). The molecule has 1 saturated carbocycles. The molecule has 1 aliphatic carbocycles. The summed E-state index contributed by atoms with van der Waals surface area (Å²) in [5.41, 5.74) is 2.75. The third-order valence-electron chi connectivity index (χ3n) is 5.51. The van der Waals surface area contributed by atoms with Gasteiger partial charge in [-0.3, -0.25) is 9.20 Å². The van der Waals surface area contributed by atoms with Crippen molar-refractivity contribution in [3.8, 4) is 0 Å². The van der Waals surface area contributed by atoms with Gasteiger partial charge in [-0.25, -0.2) is 9.97 Å². The Morgan fingerprint density at radius 2 is 1.92 bits per heavy atom. The van der Waals surface area contributed by atoms with Crippen LogP contribution in [0.25, 0.3) is 5.65 Å². The van der Waals surface area contributed by atoms with Crippen LogP contribution in [-0.2, 0) is 0 Å². The van der Waals surface area contributed by atoms with Crippen LogP contribution < -0.4 is 5.32 Å². The number of aromatic nitrogens is 3. The van der Waals surface area contributed by atoms with E-state index in [-0.39, 0.29) is 11.4 Å². The van der Waals surface area contributed by atoms with E-state index in [2.05, 4.69) is 36.1 Å². The van der Waals surface area contributed by atoms with Crippen LogP contribution in [0.4, 0.5) is 0 Å². The van der Waals surface area contributed by atoms with Crippen molar-refractivity contribution >= 4 is 11.6 Å². The minimum absolute atomic E-state index is 0.126. The second kappa shape index (κ2) is 6.19. The van der Waals surface area contributed by atoms with Crippen LogP contribution in [0.1, 0.15) is 68.3 Å². The highest BCUT2D eigenvalue weighted by molar-refractivity contribution is 5.98. The van der Waals surface area contributed by atoms with E-state index in [1.807, 2.05) is 24.3 Å². The Labute approximate surface area is 143 Å². The molecule has 1 aliphatic rings. The number of nitrogens with one attached hydrogen (secondary N) is 1. The fourth-order valence-electron chi connectivity index (χ4n) is 3.87. The highest BCUT2D eigenvalue weighted by Crippen LogP contribution is 2.35. The van der Waals surface area contributed by atoms with Gasteiger partial charge in [0, 0.05) is 16.9 Å². The van der Waals surface area contributed by atoms with Crippen LogP contribution in [0, 0.1) is 25.7 Å². The Hall–Kier alpha value is -1.91. The van der Waals surface area contributed by atoms with Crippen LogP contribution >= 0.6 is 0 Å². The lowest BCUT2D eigenvalue weighted by molar-refractivity contribution is 0.0844. The predicted octanol–water partition coefficient (Wildman–Crippen LogP) is 3.68. The van der Waals surface area contributed by atoms with Crippen molar-refractivity contribution in [2.24, 2.45) is 11.8 Å². The Morgan fingerprint density at radius 1 is 1.25 bits per heavy atom. The summed E-state index contributed by atoms with van der Waals surface area (Å²) in [5, 5.41) is 3.22. The zero-order valence-electron chi connectivity index (χ0n) is 15.4. The molecule has 24 heavy (non-hydrogen) atoms. The maximum atomic E-state index is 12.8. The van der Waals surface area contributed by atoms with Crippen LogP contribution in [0.5, 0.6) is 0 Å². The maximum Gasteiger partial charge on any atom is 0.274 e. The first-order valence-corrected chi connectivity index (χ1v) is 8.91. The highest BCUT2D eigenvalue weighted by Gasteiger charge is 2.34. The lowest BCUT2D eigenvalue weighted by Gasteiger charge is -2.39. The van der Waals surface area contributed by atoms with Gasteiger partial charge in [-0.15, -0.1) is 0 Å². The number of nitrogens with zero attached hydrogens (tertiary/aromatic N) is 3. The predicted molar refractivity (Wildman–Crippen MR) is 95.1 cm³/mol. The summed E-state index contributed by atoms with van der Waals surface area (Å²) in [6.45, 7) is 10.5. The summed E-state index contributed by atoms with van der Waals surface area (Å²) >= 11 is 0. The van der Waals surface area contributed by atoms with Gasteiger partial charge in [-0.05, 0) is 58.4 Å². The molecule has 0 aliphatic heterocycles. The molecular weight excluding hydrogens is 300 g/mol. The average Bonchev–Trinajstić information content (AvgIpc) is 2.91. The first-order chi connectivity index (χ1) is 11.3. The lowest BCUT2D eigenvalue weighted by atomic mass is 9.73. The normalized spacial score (nSPS) is 21.9. The summed E-state index contributed by atoms with van der Waals surface area (Å²) in [7, 11) is 0. The monoisotopic (exact) mass is 328 g/mol. The van der Waals surface area contributed by atoms with E-state index < -0.39 is 0 Å². The second-order valence-electron chi connectivity index (χ2n) is 7.96. The summed E-state index contributed by atoms with van der Waals surface area (Å²) < 4.78 is 1.87. The molecule has 1 fully saturated rings. The van der Waals surface area contributed by atoms with Crippen LogP contribution in [0.15, 0.2) is 12.4 Å². The zero-order chi connectivity index (χ0) is 17.5. The molecule has 0 aromatic carbocycles. The lowest BCUT2D eigenvalue weighted by Crippen LogP contribution is -2.50. The van der Waals surface area contributed by atoms with Gasteiger partial charge < -0.3 is 5.32 Å². The minimum atomic E-state index is -0.230. The van der Waals surface area contributed by atoms with Gasteiger partial charge >= 0.3 is 0 Å². The van der Waals surface area contributed by atoms with Crippen molar-refractivity contribution in [2.75, 3.05) is 0 Å². The number of rotatable bonds is 3. The smallest absolute Gasteiger partial charge is 0.274 e. The molecule has 0 unspecified atom stereocenters. The Kier molecular flexibility index (Phi) is 4.37. The van der Waals surface area contributed by atoms with E-state index >= 15 is 0 Å². The molecule has 1 amide bonds. The molecule has 2 aromatic heterocycles. The first-order valence-electron chi connectivity index (χ1n) is 8.91. The number of hydrogen-bond acceptors (Lipinski definition) is 3. The Balaban J connectivity index is 1.82. The number of carbonyl (C=O) groups excluding carboxylic acids is 1. The van der Waals surface area contributed by atoms with Crippen LogP contribution in [0.2, 0.25) is 0 Å². The van der Waals surface area contributed by atoms with Crippen molar-refractivity contribution in [3.05, 3.63) is 29.5 Å². The Bertz CT molecular complexity index is 754. The quantitative estimate of drug-likeness (QED) is 0.935. The molecule has 5 nitrogen and oxygen atoms in total. The number of hydrogen-bond donors (Lipinski definition) is 1. The fourth-order valence-corrected chi connectivity index (χ4v) is 3.87. The first kappa shape index (κ1) is 16.9. The molecule has 130 valence electrons. The third kappa shape index (κ3) is 3.17. The summed E-state index contributed by atoms with van der Waals surface area (Å²) in [6, 6.07) is 1.99. The highest BCUT2D eigenvalue weighted by atomic mass is 16.2. The van der Waals surface area contributed by atoms with Gasteiger partial charge in [-0.2, -0.15) is 0 Å². The zero-order valence-corrected chi connectivity index (χ0v) is 15.4. The molecule has 0 bridgehead atoms. The van der Waals surface area contributed by atoms with Crippen molar-refractivity contribution < 1.29 is 4.79 Å². The van der Waals surface area contributed by atoms with Crippen molar-refractivity contribution in [1.82, 2.24) is 19.7 Å². The molecule has 2 aromatic rings. The van der Waals surface area contributed by atoms with Gasteiger partial charge in [0.1, 0.15) is 6.33 Å². The average molecular weight is 328 g/mol. The summed E-state index contributed by atoms with van der Waals surface area (Å²) in [6.07, 6.45) is 6.53. The molecule has 2 heterocycles. The van der Waals surface area contributed by atoms with E-state index in [1.54, 1.807) is 6.33 Å². The summed E-state index contributed by atoms with van der Waals surface area (Å²) in [4.78, 5) is 21.7. The van der Waals surface area contributed by atoms with Crippen molar-refractivity contribution in [1.29, 1.82) is 0 Å². The number of amides is 1. The van der Waals surface area contributed by atoms with Gasteiger partial charge in [0.05, 0.1) is 0 Å². The van der Waals surface area contributed by atoms with Gasteiger partial charge in [-0.1, -0.05) is 19.8 Å². The molecule has 0 radical (unpaired) electrons. The number of aryl methyl sites for hydroxylation is 2. The number of carbonyl (C=O) groups is 1. The van der Waals surface area contributed by atoms with E-state index in [1.165, 1.54) is 25.7 Å². The van der Waals surface area contributed by atoms with E-state index in [0.29, 0.717) is 17.3 Å². The summed E-state index contributed by atoms with van der Waals surface area (Å²) in [5.74, 6) is 1.20. The number of imidazole rings is 1. The topological polar surface area (TPSA) is 59.3 Å². The van der Waals surface area contributed by atoms with E-state index in [9.17, 15) is 4.79 Å². The SMILES string of the molecule is Cc1cc(C)n2cnc(C(=O)NC(C)(C)C3CCC(C)CC3)c2n1. The second-order valence-corrected chi connectivity index (χ2v) is 7.96. The van der Waals surface area contributed by atoms with Gasteiger partial charge in [0.25, 0.3) is 5.91 Å². The largest absolute Gasteiger partial charge is 0.345 e. The molecular formula is C19H28N4O. The molecule has 1 N–H and O–H groups in total. The molecule has 0 saturated heterocycles. The maximum absolute atomic E-state index is 12.8. The van der Waals surface area contributed by atoms with E-state index in [4.69, 9.17) is 0 Å². The number of fused-ring (bicyclic) bond motifs is 1. The Morgan fingerprint density at radius 3 is 2.58 bits per heavy atom. The van der Waals surface area contributed by atoms with Gasteiger partial charge in [0.2, 0.25) is 0 Å². The van der Waals surface area contributed by atoms with Crippen LogP contribution in [0.3, 0.4) is 0 Å². The molecule has 5 heteroatoms. The van der Waals surface area contributed by atoms with Gasteiger partial charge in [0.15, 0.2) is 11.3 Å².